The number of ether oxygens (including phenoxy) is 1. The first-order valence-electron chi connectivity index (χ1n) is 8.97. The second-order valence-corrected chi connectivity index (χ2v) is 7.79. The van der Waals surface area contributed by atoms with Gasteiger partial charge in [-0.15, -0.1) is 11.8 Å². The Balaban J connectivity index is 1.56. The number of fused-ring (bicyclic) bond motifs is 3. The van der Waals surface area contributed by atoms with Crippen LogP contribution in [-0.2, 0) is 11.3 Å². The second-order valence-electron chi connectivity index (χ2n) is 6.95. The maximum atomic E-state index is 13.3. The number of imidazole rings is 1. The number of carbonyl (C=O) groups excluding carboxylic acids is 1. The third-order valence-electron chi connectivity index (χ3n) is 5.07. The van der Waals surface area contributed by atoms with E-state index in [-0.39, 0.29) is 11.9 Å². The summed E-state index contributed by atoms with van der Waals surface area (Å²) in [5, 5.41) is 0. The van der Waals surface area contributed by atoms with E-state index in [1.54, 1.807) is 18.0 Å². The van der Waals surface area contributed by atoms with Crippen molar-refractivity contribution in [3.8, 4) is 0 Å². The van der Waals surface area contributed by atoms with Gasteiger partial charge in [-0.3, -0.25) is 9.69 Å². The van der Waals surface area contributed by atoms with E-state index in [0.29, 0.717) is 19.1 Å². The van der Waals surface area contributed by atoms with E-state index in [1.165, 1.54) is 0 Å². The number of aromatic amines is 1. The number of thioether (sulfide) groups is 1. The van der Waals surface area contributed by atoms with Crippen molar-refractivity contribution >= 4 is 17.7 Å². The van der Waals surface area contributed by atoms with Crippen LogP contribution in [0.3, 0.4) is 0 Å². The number of amides is 1. The van der Waals surface area contributed by atoms with Crippen LogP contribution in [0.2, 0.25) is 0 Å². The summed E-state index contributed by atoms with van der Waals surface area (Å²) in [4.78, 5) is 26.3. The first-order chi connectivity index (χ1) is 12.7. The number of carbonyl (C=O) groups is 1. The van der Waals surface area contributed by atoms with Gasteiger partial charge in [-0.05, 0) is 18.4 Å². The maximum absolute atomic E-state index is 13.3. The predicted molar refractivity (Wildman–Crippen MR) is 101 cm³/mol. The van der Waals surface area contributed by atoms with Crippen molar-refractivity contribution in [3.05, 3.63) is 48.0 Å². The molecule has 4 rings (SSSR count). The molecule has 0 spiro atoms. The Bertz CT molecular complexity index is 752. The molecule has 26 heavy (non-hydrogen) atoms. The third-order valence-corrected chi connectivity index (χ3v) is 5.87. The van der Waals surface area contributed by atoms with Gasteiger partial charge < -0.3 is 14.6 Å². The quantitative estimate of drug-likeness (QED) is 0.833. The predicted octanol–water partition coefficient (Wildman–Crippen LogP) is 2.10. The van der Waals surface area contributed by atoms with Gasteiger partial charge in [0.1, 0.15) is 5.82 Å². The topological polar surface area (TPSA) is 61.5 Å². The lowest BCUT2D eigenvalue weighted by molar-refractivity contribution is 0.0418. The Labute approximate surface area is 157 Å². The molecule has 2 atom stereocenters. The lowest BCUT2D eigenvalue weighted by atomic mass is 10.1. The molecule has 2 saturated heterocycles. The highest BCUT2D eigenvalue weighted by atomic mass is 32.2. The largest absolute Gasteiger partial charge is 0.379 e. The highest BCUT2D eigenvalue weighted by molar-refractivity contribution is 7.98. The minimum Gasteiger partial charge on any atom is -0.379 e. The van der Waals surface area contributed by atoms with Crippen molar-refractivity contribution in [1.29, 1.82) is 0 Å². The van der Waals surface area contributed by atoms with Crippen molar-refractivity contribution in [2.75, 3.05) is 39.1 Å². The van der Waals surface area contributed by atoms with E-state index in [9.17, 15) is 4.79 Å². The van der Waals surface area contributed by atoms with Gasteiger partial charge in [-0.2, -0.15) is 0 Å². The van der Waals surface area contributed by atoms with Crippen LogP contribution in [0.5, 0.6) is 0 Å². The zero-order chi connectivity index (χ0) is 17.9. The Morgan fingerprint density at radius 1 is 1.31 bits per heavy atom. The molecule has 138 valence electrons. The standard InChI is InChI=1S/C19H24N4O2S/c1-26-17-5-3-2-4-16(17)19(24)23-9-14-8-22(10-15(23)13-25-12-14)11-18-20-6-7-21-18/h2-7,14-15H,8-13H2,1H3,(H,20,21)/t14-,15-/m0/s1. The van der Waals surface area contributed by atoms with E-state index in [2.05, 4.69) is 14.9 Å². The van der Waals surface area contributed by atoms with Crippen LogP contribution in [0, 0.1) is 5.92 Å². The number of hydrogen-bond acceptors (Lipinski definition) is 5. The highest BCUT2D eigenvalue weighted by Gasteiger charge is 2.36. The van der Waals surface area contributed by atoms with Crippen LogP contribution in [-0.4, -0.2) is 70.8 Å². The summed E-state index contributed by atoms with van der Waals surface area (Å²) in [6.45, 7) is 4.57. The molecule has 1 amide bonds. The molecule has 1 aromatic carbocycles. The van der Waals surface area contributed by atoms with Gasteiger partial charge in [0.15, 0.2) is 0 Å². The number of nitrogens with zero attached hydrogens (tertiary/aromatic N) is 3. The third kappa shape index (κ3) is 3.65. The van der Waals surface area contributed by atoms with Crippen molar-refractivity contribution in [2.45, 2.75) is 17.5 Å². The number of nitrogens with one attached hydrogen (secondary N) is 1. The molecule has 2 aromatic rings. The highest BCUT2D eigenvalue weighted by Crippen LogP contribution is 2.26. The minimum atomic E-state index is 0.0693. The normalized spacial score (nSPS) is 23.7. The first-order valence-corrected chi connectivity index (χ1v) is 10.2. The zero-order valence-electron chi connectivity index (χ0n) is 14.9. The van der Waals surface area contributed by atoms with Gasteiger partial charge in [-0.1, -0.05) is 12.1 Å². The Morgan fingerprint density at radius 3 is 3.00 bits per heavy atom. The number of H-pyrrole nitrogens is 1. The number of benzene rings is 1. The molecule has 1 aromatic heterocycles. The number of rotatable bonds is 4. The molecule has 2 fully saturated rings. The van der Waals surface area contributed by atoms with Gasteiger partial charge in [-0.25, -0.2) is 4.98 Å². The van der Waals surface area contributed by atoms with Crippen LogP contribution in [0.4, 0.5) is 0 Å². The minimum absolute atomic E-state index is 0.0693. The molecular formula is C19H24N4O2S. The van der Waals surface area contributed by atoms with Gasteiger partial charge in [0.25, 0.3) is 5.91 Å². The summed E-state index contributed by atoms with van der Waals surface area (Å²) in [5.41, 5.74) is 0.796. The van der Waals surface area contributed by atoms with E-state index in [4.69, 9.17) is 4.74 Å². The fourth-order valence-electron chi connectivity index (χ4n) is 3.89. The van der Waals surface area contributed by atoms with Gasteiger partial charge >= 0.3 is 0 Å². The van der Waals surface area contributed by atoms with Crippen LogP contribution in [0.25, 0.3) is 0 Å². The van der Waals surface area contributed by atoms with Crippen LogP contribution >= 0.6 is 11.8 Å². The van der Waals surface area contributed by atoms with Crippen molar-refractivity contribution < 1.29 is 9.53 Å². The summed E-state index contributed by atoms with van der Waals surface area (Å²) >= 11 is 1.62. The monoisotopic (exact) mass is 372 g/mol. The van der Waals surface area contributed by atoms with Crippen LogP contribution in [0.1, 0.15) is 16.2 Å². The van der Waals surface area contributed by atoms with E-state index < -0.39 is 0 Å². The molecule has 2 bridgehead atoms. The molecule has 7 heteroatoms. The molecule has 0 unspecified atom stereocenters. The maximum Gasteiger partial charge on any atom is 0.255 e. The summed E-state index contributed by atoms with van der Waals surface area (Å²) in [5.74, 6) is 1.41. The van der Waals surface area contributed by atoms with E-state index in [0.717, 1.165) is 42.5 Å². The molecule has 0 saturated carbocycles. The zero-order valence-corrected chi connectivity index (χ0v) is 15.7. The van der Waals surface area contributed by atoms with Crippen molar-refractivity contribution in [3.63, 3.8) is 0 Å². The first kappa shape index (κ1) is 17.6. The molecule has 2 aliphatic heterocycles. The lowest BCUT2D eigenvalue weighted by Gasteiger charge is -2.31. The van der Waals surface area contributed by atoms with Crippen molar-refractivity contribution in [2.24, 2.45) is 5.92 Å². The average molecular weight is 372 g/mol. The summed E-state index contributed by atoms with van der Waals surface area (Å²) < 4.78 is 5.87. The van der Waals surface area contributed by atoms with Gasteiger partial charge in [0.05, 0.1) is 31.4 Å². The molecular weight excluding hydrogens is 348 g/mol. The summed E-state index contributed by atoms with van der Waals surface area (Å²) in [6.07, 6.45) is 5.65. The molecule has 1 N–H and O–H groups in total. The molecule has 0 aliphatic carbocycles. The van der Waals surface area contributed by atoms with Gasteiger partial charge in [0.2, 0.25) is 0 Å². The van der Waals surface area contributed by atoms with E-state index in [1.807, 2.05) is 41.6 Å². The second kappa shape index (κ2) is 7.82. The summed E-state index contributed by atoms with van der Waals surface area (Å²) in [7, 11) is 0. The molecule has 3 heterocycles. The molecule has 2 aliphatic rings. The van der Waals surface area contributed by atoms with Gasteiger partial charge in [0, 0.05) is 42.8 Å². The van der Waals surface area contributed by atoms with Crippen molar-refractivity contribution in [1.82, 2.24) is 19.8 Å². The average Bonchev–Trinajstić information content (AvgIpc) is 2.99. The van der Waals surface area contributed by atoms with E-state index >= 15 is 0 Å². The Kier molecular flexibility index (Phi) is 5.28. The Hall–Kier alpha value is -1.83. The lowest BCUT2D eigenvalue weighted by Crippen LogP contribution is -2.46. The fourth-order valence-corrected chi connectivity index (χ4v) is 4.48. The Morgan fingerprint density at radius 2 is 2.19 bits per heavy atom. The number of hydrogen-bond donors (Lipinski definition) is 1. The number of aromatic nitrogens is 2. The molecule has 0 radical (unpaired) electrons. The SMILES string of the molecule is CSc1ccccc1C(=O)N1C[C@H]2COC[C@@H]1CN(Cc1ncc[nH]1)C2. The smallest absolute Gasteiger partial charge is 0.255 e. The van der Waals surface area contributed by atoms with Crippen LogP contribution < -0.4 is 0 Å². The fraction of sp³-hybridized carbons (Fsp3) is 0.474. The van der Waals surface area contributed by atoms with Crippen LogP contribution in [0.15, 0.2) is 41.6 Å². The molecule has 6 nitrogen and oxygen atoms in total. The summed E-state index contributed by atoms with van der Waals surface area (Å²) in [6, 6.07) is 7.94.